The van der Waals surface area contributed by atoms with Gasteiger partial charge in [-0.05, 0) is 37.3 Å². The SMILES string of the molecule is NC(=O)c1nc2c(cc1N)CCCC2. The molecule has 14 heavy (non-hydrogen) atoms. The highest BCUT2D eigenvalue weighted by Crippen LogP contribution is 2.23. The summed E-state index contributed by atoms with van der Waals surface area (Å²) < 4.78 is 0. The number of primary amides is 1. The molecule has 2 rings (SSSR count). The summed E-state index contributed by atoms with van der Waals surface area (Å²) in [6.07, 6.45) is 4.23. The lowest BCUT2D eigenvalue weighted by Crippen LogP contribution is -2.18. The number of pyridine rings is 1. The van der Waals surface area contributed by atoms with Gasteiger partial charge < -0.3 is 11.5 Å². The van der Waals surface area contributed by atoms with Crippen molar-refractivity contribution < 1.29 is 4.79 Å². The van der Waals surface area contributed by atoms with Crippen LogP contribution in [0.2, 0.25) is 0 Å². The molecule has 0 unspecified atom stereocenters. The number of aromatic nitrogens is 1. The first-order valence-electron chi connectivity index (χ1n) is 4.76. The van der Waals surface area contributed by atoms with E-state index in [0.29, 0.717) is 5.69 Å². The van der Waals surface area contributed by atoms with Crippen molar-refractivity contribution >= 4 is 11.6 Å². The maximum absolute atomic E-state index is 11.0. The highest BCUT2D eigenvalue weighted by Gasteiger charge is 2.15. The number of fused-ring (bicyclic) bond motifs is 1. The minimum absolute atomic E-state index is 0.214. The van der Waals surface area contributed by atoms with Crippen LogP contribution in [0.25, 0.3) is 0 Å². The standard InChI is InChI=1S/C10H13N3O/c11-7-5-6-3-1-2-4-8(6)13-9(7)10(12)14/h5H,1-4,11H2,(H2,12,14). The van der Waals surface area contributed by atoms with Gasteiger partial charge in [0.1, 0.15) is 0 Å². The Bertz CT molecular complexity index is 387. The van der Waals surface area contributed by atoms with Gasteiger partial charge in [0.05, 0.1) is 5.69 Å². The first-order chi connectivity index (χ1) is 6.68. The van der Waals surface area contributed by atoms with Crippen molar-refractivity contribution in [3.8, 4) is 0 Å². The third-order valence-corrected chi connectivity index (χ3v) is 2.56. The van der Waals surface area contributed by atoms with E-state index in [9.17, 15) is 4.79 Å². The fourth-order valence-electron chi connectivity index (χ4n) is 1.85. The number of anilines is 1. The highest BCUT2D eigenvalue weighted by molar-refractivity contribution is 5.96. The summed E-state index contributed by atoms with van der Waals surface area (Å²) in [5, 5.41) is 0. The Hall–Kier alpha value is -1.58. The molecule has 1 aromatic heterocycles. The molecule has 0 bridgehead atoms. The Labute approximate surface area is 82.3 Å². The zero-order valence-electron chi connectivity index (χ0n) is 7.92. The predicted molar refractivity (Wildman–Crippen MR) is 53.8 cm³/mol. The third kappa shape index (κ3) is 1.43. The van der Waals surface area contributed by atoms with Gasteiger partial charge in [-0.2, -0.15) is 0 Å². The van der Waals surface area contributed by atoms with Crippen LogP contribution < -0.4 is 11.5 Å². The molecule has 4 heteroatoms. The minimum Gasteiger partial charge on any atom is -0.397 e. The molecule has 1 aliphatic carbocycles. The highest BCUT2D eigenvalue weighted by atomic mass is 16.1. The fraction of sp³-hybridized carbons (Fsp3) is 0.400. The van der Waals surface area contributed by atoms with Crippen molar-refractivity contribution in [1.29, 1.82) is 0 Å². The molecule has 4 nitrogen and oxygen atoms in total. The van der Waals surface area contributed by atoms with Gasteiger partial charge in [0, 0.05) is 5.69 Å². The maximum Gasteiger partial charge on any atom is 0.269 e. The van der Waals surface area contributed by atoms with Gasteiger partial charge in [0.2, 0.25) is 0 Å². The molecule has 74 valence electrons. The van der Waals surface area contributed by atoms with Crippen LogP contribution in [0.15, 0.2) is 6.07 Å². The van der Waals surface area contributed by atoms with Crippen molar-refractivity contribution in [2.75, 3.05) is 5.73 Å². The second kappa shape index (κ2) is 3.29. The third-order valence-electron chi connectivity index (χ3n) is 2.56. The van der Waals surface area contributed by atoms with E-state index in [2.05, 4.69) is 4.98 Å². The fourth-order valence-corrected chi connectivity index (χ4v) is 1.85. The largest absolute Gasteiger partial charge is 0.397 e. The van der Waals surface area contributed by atoms with Crippen LogP contribution in [0, 0.1) is 0 Å². The molecule has 0 spiro atoms. The van der Waals surface area contributed by atoms with Crippen LogP contribution >= 0.6 is 0 Å². The van der Waals surface area contributed by atoms with E-state index < -0.39 is 5.91 Å². The van der Waals surface area contributed by atoms with E-state index in [1.54, 1.807) is 0 Å². The Morgan fingerprint density at radius 3 is 2.79 bits per heavy atom. The molecule has 0 aliphatic heterocycles. The van der Waals surface area contributed by atoms with Gasteiger partial charge in [-0.25, -0.2) is 4.98 Å². The van der Waals surface area contributed by atoms with Gasteiger partial charge >= 0.3 is 0 Å². The molecule has 0 saturated carbocycles. The van der Waals surface area contributed by atoms with Crippen molar-refractivity contribution in [2.24, 2.45) is 5.73 Å². The Kier molecular flexibility index (Phi) is 2.11. The summed E-state index contributed by atoms with van der Waals surface area (Å²) in [5.74, 6) is -0.545. The van der Waals surface area contributed by atoms with Crippen molar-refractivity contribution in [3.05, 3.63) is 23.0 Å². The topological polar surface area (TPSA) is 82.0 Å². The summed E-state index contributed by atoms with van der Waals surface area (Å²) in [5.41, 5.74) is 13.6. The molecule has 0 radical (unpaired) electrons. The van der Waals surface area contributed by atoms with E-state index in [1.807, 2.05) is 6.07 Å². The molecule has 1 aromatic rings. The maximum atomic E-state index is 11.0. The number of carbonyl (C=O) groups excluding carboxylic acids is 1. The molecule has 1 heterocycles. The lowest BCUT2D eigenvalue weighted by atomic mass is 9.95. The zero-order valence-corrected chi connectivity index (χ0v) is 7.92. The van der Waals surface area contributed by atoms with Crippen LogP contribution in [0.4, 0.5) is 5.69 Å². The van der Waals surface area contributed by atoms with E-state index in [1.165, 1.54) is 12.0 Å². The van der Waals surface area contributed by atoms with Gasteiger partial charge in [0.15, 0.2) is 5.69 Å². The van der Waals surface area contributed by atoms with Crippen molar-refractivity contribution in [1.82, 2.24) is 4.98 Å². The van der Waals surface area contributed by atoms with Crippen molar-refractivity contribution in [2.45, 2.75) is 25.7 Å². The van der Waals surface area contributed by atoms with Crippen LogP contribution in [0.1, 0.15) is 34.6 Å². The number of nitrogen functional groups attached to an aromatic ring is 1. The first-order valence-corrected chi connectivity index (χ1v) is 4.76. The molecule has 1 aliphatic rings. The summed E-state index contributed by atoms with van der Waals surface area (Å²) in [4.78, 5) is 15.2. The average molecular weight is 191 g/mol. The molecule has 0 aromatic carbocycles. The summed E-state index contributed by atoms with van der Waals surface area (Å²) in [6, 6.07) is 1.83. The Morgan fingerprint density at radius 1 is 1.36 bits per heavy atom. The number of hydrogen-bond acceptors (Lipinski definition) is 3. The minimum atomic E-state index is -0.545. The number of nitrogens with two attached hydrogens (primary N) is 2. The second-order valence-electron chi connectivity index (χ2n) is 3.60. The van der Waals surface area contributed by atoms with Crippen LogP contribution in [-0.2, 0) is 12.8 Å². The second-order valence-corrected chi connectivity index (χ2v) is 3.60. The summed E-state index contributed by atoms with van der Waals surface area (Å²) in [7, 11) is 0. The van der Waals surface area contributed by atoms with Crippen molar-refractivity contribution in [3.63, 3.8) is 0 Å². The van der Waals surface area contributed by atoms with Gasteiger partial charge in [0.25, 0.3) is 5.91 Å². The van der Waals surface area contributed by atoms with Crippen LogP contribution in [0.5, 0.6) is 0 Å². The number of nitrogens with zero attached hydrogens (tertiary/aromatic N) is 1. The van der Waals surface area contributed by atoms with E-state index >= 15 is 0 Å². The number of rotatable bonds is 1. The summed E-state index contributed by atoms with van der Waals surface area (Å²) >= 11 is 0. The molecule has 0 saturated heterocycles. The zero-order chi connectivity index (χ0) is 10.1. The van der Waals surface area contributed by atoms with E-state index in [4.69, 9.17) is 11.5 Å². The number of hydrogen-bond donors (Lipinski definition) is 2. The molecular weight excluding hydrogens is 178 g/mol. The Morgan fingerprint density at radius 2 is 2.07 bits per heavy atom. The first kappa shape index (κ1) is 8.99. The molecule has 0 atom stereocenters. The quantitative estimate of drug-likeness (QED) is 0.683. The predicted octanol–water partition coefficient (Wildman–Crippen LogP) is 0.641. The van der Waals surface area contributed by atoms with Gasteiger partial charge in [-0.15, -0.1) is 0 Å². The van der Waals surface area contributed by atoms with Crippen LogP contribution in [0.3, 0.4) is 0 Å². The summed E-state index contributed by atoms with van der Waals surface area (Å²) in [6.45, 7) is 0. The number of amides is 1. The van der Waals surface area contributed by atoms with Gasteiger partial charge in [-0.3, -0.25) is 4.79 Å². The number of aryl methyl sites for hydroxylation is 2. The monoisotopic (exact) mass is 191 g/mol. The normalized spacial score (nSPS) is 14.9. The molecule has 1 amide bonds. The molecule has 0 fully saturated rings. The lowest BCUT2D eigenvalue weighted by molar-refractivity contribution is 0.0996. The van der Waals surface area contributed by atoms with E-state index in [0.717, 1.165) is 25.0 Å². The Balaban J connectivity index is 2.50. The molecular formula is C10H13N3O. The van der Waals surface area contributed by atoms with Crippen LogP contribution in [-0.4, -0.2) is 10.9 Å². The number of carbonyl (C=O) groups is 1. The smallest absolute Gasteiger partial charge is 0.269 e. The lowest BCUT2D eigenvalue weighted by Gasteiger charge is -2.16. The van der Waals surface area contributed by atoms with E-state index in [-0.39, 0.29) is 5.69 Å². The van der Waals surface area contributed by atoms with Gasteiger partial charge in [-0.1, -0.05) is 0 Å². The average Bonchev–Trinajstić information content (AvgIpc) is 2.16. The molecule has 4 N–H and O–H groups in total.